The largest absolute Gasteiger partial charge is 0.315 e. The van der Waals surface area contributed by atoms with Crippen LogP contribution in [0.1, 0.15) is 58.3 Å². The Labute approximate surface area is 131 Å². The predicted molar refractivity (Wildman–Crippen MR) is 89.7 cm³/mol. The Morgan fingerprint density at radius 3 is 2.19 bits per heavy atom. The van der Waals surface area contributed by atoms with Crippen LogP contribution < -0.4 is 5.32 Å². The summed E-state index contributed by atoms with van der Waals surface area (Å²) in [6.07, 6.45) is 11.4. The normalized spacial score (nSPS) is 37.1. The Balaban J connectivity index is 1.54. The molecule has 0 spiro atoms. The molecule has 1 heterocycles. The molecule has 1 saturated heterocycles. The fraction of sp³-hybridized carbons (Fsp3) is 1.00. The van der Waals surface area contributed by atoms with Crippen LogP contribution in [0.25, 0.3) is 0 Å². The van der Waals surface area contributed by atoms with Gasteiger partial charge in [0.1, 0.15) is 0 Å². The summed E-state index contributed by atoms with van der Waals surface area (Å²) >= 11 is 0. The van der Waals surface area contributed by atoms with Crippen LogP contribution in [-0.2, 0) is 0 Å². The third kappa shape index (κ3) is 3.62. The number of likely N-dealkylation sites (N-methyl/N-ethyl adjacent to an activating group) is 1. The molecule has 0 aromatic carbocycles. The Kier molecular flexibility index (Phi) is 5.58. The van der Waals surface area contributed by atoms with E-state index in [0.29, 0.717) is 0 Å². The smallest absolute Gasteiger partial charge is 0.0252 e. The van der Waals surface area contributed by atoms with E-state index in [1.54, 1.807) is 0 Å². The fourth-order valence-corrected chi connectivity index (χ4v) is 5.05. The number of nitrogens with one attached hydrogen (secondary N) is 1. The first-order chi connectivity index (χ1) is 10.3. The van der Waals surface area contributed by atoms with Gasteiger partial charge in [-0.25, -0.2) is 0 Å². The Hall–Kier alpha value is -0.120. The SMILES string of the molecule is CCC1CCC(NC)C(N2CCN(C3CCCC3)CC2)C1. The van der Waals surface area contributed by atoms with Gasteiger partial charge < -0.3 is 5.32 Å². The number of nitrogens with zero attached hydrogens (tertiary/aromatic N) is 2. The molecule has 3 heteroatoms. The molecule has 122 valence electrons. The van der Waals surface area contributed by atoms with Crippen LogP contribution in [0, 0.1) is 5.92 Å². The van der Waals surface area contributed by atoms with Gasteiger partial charge in [0.05, 0.1) is 0 Å². The second-order valence-electron chi connectivity index (χ2n) is 7.56. The van der Waals surface area contributed by atoms with E-state index < -0.39 is 0 Å². The summed E-state index contributed by atoms with van der Waals surface area (Å²) in [4.78, 5) is 5.60. The molecule has 1 N–H and O–H groups in total. The second kappa shape index (κ2) is 7.43. The third-order valence-corrected chi connectivity index (χ3v) is 6.53. The Morgan fingerprint density at radius 1 is 0.905 bits per heavy atom. The van der Waals surface area contributed by atoms with E-state index in [4.69, 9.17) is 0 Å². The van der Waals surface area contributed by atoms with E-state index in [2.05, 4.69) is 29.1 Å². The Morgan fingerprint density at radius 2 is 1.57 bits per heavy atom. The van der Waals surface area contributed by atoms with Crippen molar-refractivity contribution in [2.45, 2.75) is 76.4 Å². The predicted octanol–water partition coefficient (Wildman–Crippen LogP) is 2.71. The Bertz CT molecular complexity index is 306. The number of piperazine rings is 1. The van der Waals surface area contributed by atoms with Gasteiger partial charge in [-0.15, -0.1) is 0 Å². The maximum atomic E-state index is 3.61. The molecule has 0 radical (unpaired) electrons. The van der Waals surface area contributed by atoms with Gasteiger partial charge in [0, 0.05) is 44.3 Å². The summed E-state index contributed by atoms with van der Waals surface area (Å²) in [6, 6.07) is 2.44. The van der Waals surface area contributed by atoms with Crippen LogP contribution in [0.15, 0.2) is 0 Å². The quantitative estimate of drug-likeness (QED) is 0.860. The fourth-order valence-electron chi connectivity index (χ4n) is 5.05. The van der Waals surface area contributed by atoms with E-state index >= 15 is 0 Å². The van der Waals surface area contributed by atoms with Gasteiger partial charge >= 0.3 is 0 Å². The molecule has 3 fully saturated rings. The molecule has 1 aliphatic heterocycles. The molecule has 0 aromatic rings. The average Bonchev–Trinajstić information content (AvgIpc) is 3.09. The lowest BCUT2D eigenvalue weighted by Gasteiger charge is -2.47. The van der Waals surface area contributed by atoms with Gasteiger partial charge in [-0.1, -0.05) is 26.2 Å². The summed E-state index contributed by atoms with van der Waals surface area (Å²) in [5.74, 6) is 0.965. The second-order valence-corrected chi connectivity index (χ2v) is 7.56. The van der Waals surface area contributed by atoms with Crippen molar-refractivity contribution in [2.75, 3.05) is 33.2 Å². The summed E-state index contributed by atoms with van der Waals surface area (Å²) < 4.78 is 0. The zero-order valence-corrected chi connectivity index (χ0v) is 14.2. The molecule has 3 aliphatic rings. The highest BCUT2D eigenvalue weighted by atomic mass is 15.3. The van der Waals surface area contributed by atoms with E-state index in [0.717, 1.165) is 24.0 Å². The van der Waals surface area contributed by atoms with Gasteiger partial charge in [0.25, 0.3) is 0 Å². The molecular formula is C18H35N3. The number of rotatable bonds is 4. The van der Waals surface area contributed by atoms with Crippen LogP contribution in [0.3, 0.4) is 0 Å². The monoisotopic (exact) mass is 293 g/mol. The minimum Gasteiger partial charge on any atom is -0.315 e. The summed E-state index contributed by atoms with van der Waals surface area (Å²) in [5.41, 5.74) is 0. The molecule has 0 bridgehead atoms. The lowest BCUT2D eigenvalue weighted by molar-refractivity contribution is 0.0345. The van der Waals surface area contributed by atoms with Crippen molar-refractivity contribution in [3.8, 4) is 0 Å². The summed E-state index contributed by atoms with van der Waals surface area (Å²) in [5, 5.41) is 3.61. The van der Waals surface area contributed by atoms with Crippen LogP contribution in [0.4, 0.5) is 0 Å². The molecule has 3 atom stereocenters. The van der Waals surface area contributed by atoms with E-state index in [9.17, 15) is 0 Å². The number of hydrogen-bond donors (Lipinski definition) is 1. The summed E-state index contributed by atoms with van der Waals surface area (Å²) in [7, 11) is 2.17. The maximum Gasteiger partial charge on any atom is 0.0252 e. The van der Waals surface area contributed by atoms with E-state index in [-0.39, 0.29) is 0 Å². The zero-order chi connectivity index (χ0) is 14.7. The molecule has 0 aromatic heterocycles. The lowest BCUT2D eigenvalue weighted by Crippen LogP contribution is -2.58. The highest BCUT2D eigenvalue weighted by Crippen LogP contribution is 2.31. The first kappa shape index (κ1) is 15.8. The maximum absolute atomic E-state index is 3.61. The van der Waals surface area contributed by atoms with E-state index in [1.165, 1.54) is 77.5 Å². The van der Waals surface area contributed by atoms with Crippen molar-refractivity contribution >= 4 is 0 Å². The van der Waals surface area contributed by atoms with Crippen LogP contribution >= 0.6 is 0 Å². The standard InChI is InChI=1S/C18H35N3/c1-3-15-8-9-17(19-2)18(14-15)21-12-10-20(11-13-21)16-6-4-5-7-16/h15-19H,3-14H2,1-2H3. The lowest BCUT2D eigenvalue weighted by atomic mass is 9.80. The van der Waals surface area contributed by atoms with Crippen molar-refractivity contribution in [3.63, 3.8) is 0 Å². The molecule has 0 amide bonds. The van der Waals surface area contributed by atoms with Crippen molar-refractivity contribution < 1.29 is 0 Å². The molecule has 2 aliphatic carbocycles. The average molecular weight is 293 g/mol. The molecule has 3 unspecified atom stereocenters. The van der Waals surface area contributed by atoms with Crippen molar-refractivity contribution in [2.24, 2.45) is 5.92 Å². The van der Waals surface area contributed by atoms with E-state index in [1.807, 2.05) is 0 Å². The minimum absolute atomic E-state index is 0.728. The van der Waals surface area contributed by atoms with Gasteiger partial charge in [-0.3, -0.25) is 9.80 Å². The molecule has 3 rings (SSSR count). The minimum atomic E-state index is 0.728. The molecule has 2 saturated carbocycles. The van der Waals surface area contributed by atoms with Crippen molar-refractivity contribution in [3.05, 3.63) is 0 Å². The summed E-state index contributed by atoms with van der Waals surface area (Å²) in [6.45, 7) is 7.60. The van der Waals surface area contributed by atoms with Crippen LogP contribution in [0.5, 0.6) is 0 Å². The first-order valence-electron chi connectivity index (χ1n) is 9.47. The number of hydrogen-bond acceptors (Lipinski definition) is 3. The zero-order valence-electron chi connectivity index (χ0n) is 14.2. The first-order valence-corrected chi connectivity index (χ1v) is 9.47. The van der Waals surface area contributed by atoms with Crippen LogP contribution in [0.2, 0.25) is 0 Å². The third-order valence-electron chi connectivity index (χ3n) is 6.53. The van der Waals surface area contributed by atoms with Gasteiger partial charge in [0.2, 0.25) is 0 Å². The highest BCUT2D eigenvalue weighted by Gasteiger charge is 2.35. The highest BCUT2D eigenvalue weighted by molar-refractivity contribution is 4.93. The molecule has 3 nitrogen and oxygen atoms in total. The molecule has 21 heavy (non-hydrogen) atoms. The topological polar surface area (TPSA) is 18.5 Å². The van der Waals surface area contributed by atoms with Crippen molar-refractivity contribution in [1.82, 2.24) is 15.1 Å². The van der Waals surface area contributed by atoms with Gasteiger partial charge in [-0.2, -0.15) is 0 Å². The van der Waals surface area contributed by atoms with Crippen molar-refractivity contribution in [1.29, 1.82) is 0 Å². The van der Waals surface area contributed by atoms with Crippen LogP contribution in [-0.4, -0.2) is 61.2 Å². The van der Waals surface area contributed by atoms with Gasteiger partial charge in [-0.05, 0) is 45.1 Å². The van der Waals surface area contributed by atoms with Gasteiger partial charge in [0.15, 0.2) is 0 Å². The molecular weight excluding hydrogens is 258 g/mol.